The standard InChI is InChI=1S/C16H12Cl3N3/c1-10-6-2-4-8-12(10)20-14-11-7-3-5-9-13(11)21-15(22-14)16(17,18)19/h2-9H,1H3,(H,20,21,22). The predicted octanol–water partition coefficient (Wildman–Crippen LogP) is 5.51. The van der Waals surface area contributed by atoms with Gasteiger partial charge in [0.15, 0.2) is 5.82 Å². The molecule has 0 amide bonds. The van der Waals surface area contributed by atoms with Crippen LogP contribution in [0.1, 0.15) is 11.4 Å². The second-order valence-electron chi connectivity index (χ2n) is 4.85. The zero-order valence-corrected chi connectivity index (χ0v) is 13.9. The third kappa shape index (κ3) is 3.12. The van der Waals surface area contributed by atoms with Crippen molar-refractivity contribution >= 4 is 57.2 Å². The van der Waals surface area contributed by atoms with Gasteiger partial charge >= 0.3 is 0 Å². The summed E-state index contributed by atoms with van der Waals surface area (Å²) in [4.78, 5) is 8.71. The van der Waals surface area contributed by atoms with E-state index in [1.165, 1.54) is 0 Å². The fourth-order valence-corrected chi connectivity index (χ4v) is 2.39. The number of fused-ring (bicyclic) bond motifs is 1. The summed E-state index contributed by atoms with van der Waals surface area (Å²) in [7, 11) is 0. The van der Waals surface area contributed by atoms with Gasteiger partial charge in [-0.25, -0.2) is 9.97 Å². The van der Waals surface area contributed by atoms with Crippen molar-refractivity contribution in [2.45, 2.75) is 10.7 Å². The molecular formula is C16H12Cl3N3. The van der Waals surface area contributed by atoms with E-state index in [2.05, 4.69) is 15.3 Å². The van der Waals surface area contributed by atoms with Crippen LogP contribution in [0.3, 0.4) is 0 Å². The molecule has 0 saturated heterocycles. The molecule has 0 aliphatic heterocycles. The molecule has 3 aromatic rings. The Kier molecular flexibility index (Phi) is 4.13. The minimum absolute atomic E-state index is 0.146. The fourth-order valence-electron chi connectivity index (χ4n) is 2.14. The Labute approximate surface area is 143 Å². The molecule has 112 valence electrons. The van der Waals surface area contributed by atoms with Gasteiger partial charge in [-0.2, -0.15) is 0 Å². The largest absolute Gasteiger partial charge is 0.339 e. The number of para-hydroxylation sites is 2. The third-order valence-electron chi connectivity index (χ3n) is 3.25. The molecule has 0 fully saturated rings. The van der Waals surface area contributed by atoms with Gasteiger partial charge in [-0.3, -0.25) is 0 Å². The van der Waals surface area contributed by atoms with E-state index in [-0.39, 0.29) is 5.82 Å². The number of halogens is 3. The summed E-state index contributed by atoms with van der Waals surface area (Å²) in [5.74, 6) is 0.758. The molecule has 22 heavy (non-hydrogen) atoms. The predicted molar refractivity (Wildman–Crippen MR) is 93.2 cm³/mol. The van der Waals surface area contributed by atoms with E-state index in [1.54, 1.807) is 0 Å². The van der Waals surface area contributed by atoms with Crippen LogP contribution in [-0.2, 0) is 3.79 Å². The molecule has 0 aliphatic rings. The van der Waals surface area contributed by atoms with Crippen molar-refractivity contribution < 1.29 is 0 Å². The number of alkyl halides is 3. The number of nitrogens with one attached hydrogen (secondary N) is 1. The SMILES string of the molecule is Cc1ccccc1Nc1nc(C(Cl)(Cl)Cl)nc2ccccc12. The molecule has 0 aliphatic carbocycles. The van der Waals surface area contributed by atoms with E-state index < -0.39 is 3.79 Å². The normalized spacial score (nSPS) is 11.6. The van der Waals surface area contributed by atoms with Crippen molar-refractivity contribution in [3.8, 4) is 0 Å². The second kappa shape index (κ2) is 5.92. The van der Waals surface area contributed by atoms with Gasteiger partial charge in [-0.15, -0.1) is 0 Å². The number of aryl methyl sites for hydroxylation is 1. The molecular weight excluding hydrogens is 341 g/mol. The summed E-state index contributed by atoms with van der Waals surface area (Å²) in [6.45, 7) is 2.02. The number of rotatable bonds is 2. The highest BCUT2D eigenvalue weighted by atomic mass is 35.6. The van der Waals surface area contributed by atoms with Gasteiger partial charge in [-0.05, 0) is 30.7 Å². The van der Waals surface area contributed by atoms with Crippen LogP contribution in [0, 0.1) is 6.92 Å². The molecule has 0 radical (unpaired) electrons. The highest BCUT2D eigenvalue weighted by Gasteiger charge is 2.28. The van der Waals surface area contributed by atoms with E-state index in [0.29, 0.717) is 5.82 Å². The Morgan fingerprint density at radius 2 is 1.59 bits per heavy atom. The molecule has 3 rings (SSSR count). The van der Waals surface area contributed by atoms with Crippen molar-refractivity contribution in [2.24, 2.45) is 0 Å². The van der Waals surface area contributed by atoms with Gasteiger partial charge in [-0.1, -0.05) is 65.1 Å². The summed E-state index contributed by atoms with van der Waals surface area (Å²) in [6.07, 6.45) is 0. The first-order chi connectivity index (χ1) is 10.4. The Balaban J connectivity index is 2.17. The lowest BCUT2D eigenvalue weighted by molar-refractivity contribution is 0.999. The maximum Gasteiger partial charge on any atom is 0.250 e. The van der Waals surface area contributed by atoms with Crippen LogP contribution in [0.2, 0.25) is 0 Å². The summed E-state index contributed by atoms with van der Waals surface area (Å²) in [6, 6.07) is 15.5. The van der Waals surface area contributed by atoms with E-state index in [9.17, 15) is 0 Å². The van der Waals surface area contributed by atoms with E-state index in [4.69, 9.17) is 34.8 Å². The lowest BCUT2D eigenvalue weighted by Crippen LogP contribution is -2.10. The van der Waals surface area contributed by atoms with Gasteiger partial charge < -0.3 is 5.32 Å². The molecule has 3 nitrogen and oxygen atoms in total. The quantitative estimate of drug-likeness (QED) is 0.618. The zero-order valence-electron chi connectivity index (χ0n) is 11.6. The molecule has 0 unspecified atom stereocenters. The lowest BCUT2D eigenvalue weighted by Gasteiger charge is -2.15. The minimum Gasteiger partial charge on any atom is -0.339 e. The monoisotopic (exact) mass is 351 g/mol. The Morgan fingerprint density at radius 1 is 0.909 bits per heavy atom. The van der Waals surface area contributed by atoms with Crippen molar-refractivity contribution in [1.29, 1.82) is 0 Å². The maximum absolute atomic E-state index is 5.94. The van der Waals surface area contributed by atoms with Crippen LogP contribution in [0.4, 0.5) is 11.5 Å². The highest BCUT2D eigenvalue weighted by Crippen LogP contribution is 2.38. The van der Waals surface area contributed by atoms with E-state index in [1.807, 2.05) is 55.5 Å². The molecule has 1 aromatic heterocycles. The summed E-state index contributed by atoms with van der Waals surface area (Å²) in [5, 5.41) is 4.17. The van der Waals surface area contributed by atoms with Crippen LogP contribution in [-0.4, -0.2) is 9.97 Å². The van der Waals surface area contributed by atoms with Crippen LogP contribution < -0.4 is 5.32 Å². The number of benzene rings is 2. The highest BCUT2D eigenvalue weighted by molar-refractivity contribution is 6.66. The van der Waals surface area contributed by atoms with Crippen molar-refractivity contribution in [3.05, 3.63) is 59.9 Å². The van der Waals surface area contributed by atoms with E-state index in [0.717, 1.165) is 22.2 Å². The minimum atomic E-state index is -1.67. The maximum atomic E-state index is 5.94. The average Bonchev–Trinajstić information content (AvgIpc) is 2.48. The number of nitrogens with zero attached hydrogens (tertiary/aromatic N) is 2. The molecule has 1 N–H and O–H groups in total. The Morgan fingerprint density at radius 3 is 2.32 bits per heavy atom. The molecule has 1 heterocycles. The Hall–Kier alpha value is -1.55. The number of anilines is 2. The number of aromatic nitrogens is 2. The molecule has 6 heteroatoms. The zero-order chi connectivity index (χ0) is 15.7. The first-order valence-electron chi connectivity index (χ1n) is 6.62. The van der Waals surface area contributed by atoms with Gasteiger partial charge in [0.2, 0.25) is 3.79 Å². The molecule has 2 aromatic carbocycles. The van der Waals surface area contributed by atoms with Crippen molar-refractivity contribution in [3.63, 3.8) is 0 Å². The van der Waals surface area contributed by atoms with Crippen molar-refractivity contribution in [1.82, 2.24) is 9.97 Å². The first-order valence-corrected chi connectivity index (χ1v) is 7.75. The van der Waals surface area contributed by atoms with Gasteiger partial charge in [0.05, 0.1) is 5.52 Å². The summed E-state index contributed by atoms with van der Waals surface area (Å²) in [5.41, 5.74) is 2.76. The van der Waals surface area contributed by atoms with Crippen LogP contribution >= 0.6 is 34.8 Å². The third-order valence-corrected chi connectivity index (χ3v) is 3.76. The van der Waals surface area contributed by atoms with Crippen molar-refractivity contribution in [2.75, 3.05) is 5.32 Å². The number of hydrogen-bond acceptors (Lipinski definition) is 3. The van der Waals surface area contributed by atoms with Gasteiger partial charge in [0.1, 0.15) is 5.82 Å². The van der Waals surface area contributed by atoms with Crippen LogP contribution in [0.15, 0.2) is 48.5 Å². The second-order valence-corrected chi connectivity index (χ2v) is 7.13. The topological polar surface area (TPSA) is 37.8 Å². The van der Waals surface area contributed by atoms with E-state index >= 15 is 0 Å². The van der Waals surface area contributed by atoms with Crippen LogP contribution in [0.5, 0.6) is 0 Å². The molecule has 0 atom stereocenters. The first kappa shape index (κ1) is 15.3. The lowest BCUT2D eigenvalue weighted by atomic mass is 10.2. The summed E-state index contributed by atoms with van der Waals surface area (Å²) >= 11 is 17.8. The average molecular weight is 353 g/mol. The van der Waals surface area contributed by atoms with Gasteiger partial charge in [0.25, 0.3) is 0 Å². The molecule has 0 bridgehead atoms. The fraction of sp³-hybridized carbons (Fsp3) is 0.125. The molecule has 0 saturated carbocycles. The smallest absolute Gasteiger partial charge is 0.250 e. The van der Waals surface area contributed by atoms with Crippen LogP contribution in [0.25, 0.3) is 10.9 Å². The molecule has 0 spiro atoms. The number of hydrogen-bond donors (Lipinski definition) is 1. The Bertz CT molecular complexity index is 828. The summed E-state index contributed by atoms with van der Waals surface area (Å²) < 4.78 is -1.67. The van der Waals surface area contributed by atoms with Gasteiger partial charge in [0, 0.05) is 11.1 Å².